The van der Waals surface area contributed by atoms with Crippen LogP contribution in [0.3, 0.4) is 0 Å². The van der Waals surface area contributed by atoms with E-state index in [4.69, 9.17) is 0 Å². The molecule has 7 nitrogen and oxygen atoms in total. The summed E-state index contributed by atoms with van der Waals surface area (Å²) in [4.78, 5) is 28.4. The molecule has 8 heteroatoms. The van der Waals surface area contributed by atoms with Gasteiger partial charge in [-0.3, -0.25) is 13.9 Å². The van der Waals surface area contributed by atoms with Crippen LogP contribution in [-0.4, -0.2) is 43.8 Å². The first-order valence-corrected chi connectivity index (χ1v) is 14.5. The number of sulfonamides is 1. The molecule has 5 rings (SSSR count). The molecule has 0 bridgehead atoms. The van der Waals surface area contributed by atoms with Crippen LogP contribution in [0.5, 0.6) is 0 Å². The van der Waals surface area contributed by atoms with E-state index in [1.54, 1.807) is 24.0 Å². The molecule has 3 aromatic carbocycles. The van der Waals surface area contributed by atoms with Crippen LogP contribution in [-0.2, 0) is 26.2 Å². The Morgan fingerprint density at radius 1 is 1.00 bits per heavy atom. The van der Waals surface area contributed by atoms with Crippen molar-refractivity contribution in [3.05, 3.63) is 72.3 Å². The van der Waals surface area contributed by atoms with Crippen molar-refractivity contribution in [3.63, 3.8) is 0 Å². The monoisotopic (exact) mass is 519 g/mol. The van der Waals surface area contributed by atoms with Crippen molar-refractivity contribution < 1.29 is 18.0 Å². The average molecular weight is 520 g/mol. The zero-order valence-corrected chi connectivity index (χ0v) is 21.9. The Bertz CT molecular complexity index is 1400. The molecular weight excluding hydrogens is 486 g/mol. The van der Waals surface area contributed by atoms with E-state index in [0.717, 1.165) is 42.0 Å². The Labute approximate surface area is 218 Å². The number of hydrogen-bond donors (Lipinski definition) is 1. The summed E-state index contributed by atoms with van der Waals surface area (Å²) in [6, 6.07) is 20.1. The van der Waals surface area contributed by atoms with Gasteiger partial charge in [-0.25, -0.2) is 8.42 Å². The first kappa shape index (κ1) is 25.3. The lowest BCUT2D eigenvalue weighted by Crippen LogP contribution is -2.49. The van der Waals surface area contributed by atoms with Crippen LogP contribution in [0.15, 0.2) is 71.6 Å². The fraction of sp³-hybridized carbons (Fsp3) is 0.379. The molecule has 0 radical (unpaired) electrons. The van der Waals surface area contributed by atoms with Crippen molar-refractivity contribution in [1.82, 2.24) is 10.2 Å². The smallest absolute Gasteiger partial charge is 0.265 e. The SMILES string of the molecule is C[C@H](C(=O)NC1CCCC1)N(Cc1ccccc1)C(=O)CCCN1c2cccc3cccc(c23)S1(=O)=O. The largest absolute Gasteiger partial charge is 0.352 e. The minimum Gasteiger partial charge on any atom is -0.352 e. The van der Waals surface area contributed by atoms with Crippen LogP contribution < -0.4 is 9.62 Å². The highest BCUT2D eigenvalue weighted by Gasteiger charge is 2.35. The Balaban J connectivity index is 1.29. The second kappa shape index (κ2) is 10.5. The number of nitrogens with zero attached hydrogens (tertiary/aromatic N) is 2. The quantitative estimate of drug-likeness (QED) is 0.448. The summed E-state index contributed by atoms with van der Waals surface area (Å²) in [6.07, 6.45) is 4.68. The number of rotatable bonds is 9. The molecule has 2 amide bonds. The van der Waals surface area contributed by atoms with Crippen molar-refractivity contribution in [3.8, 4) is 0 Å². The fourth-order valence-electron chi connectivity index (χ4n) is 5.47. The van der Waals surface area contributed by atoms with Crippen molar-refractivity contribution in [2.45, 2.75) is 69.0 Å². The van der Waals surface area contributed by atoms with E-state index in [2.05, 4.69) is 5.32 Å². The molecular formula is C29H33N3O4S. The van der Waals surface area contributed by atoms with Crippen LogP contribution in [0.1, 0.15) is 51.0 Å². The Hall–Kier alpha value is -3.39. The summed E-state index contributed by atoms with van der Waals surface area (Å²) in [5, 5.41) is 4.73. The number of carbonyl (C=O) groups excluding carboxylic acids is 2. The number of hydrogen-bond acceptors (Lipinski definition) is 4. The van der Waals surface area contributed by atoms with E-state index in [-0.39, 0.29) is 30.8 Å². The predicted octanol–water partition coefficient (Wildman–Crippen LogP) is 4.60. The van der Waals surface area contributed by atoms with Gasteiger partial charge in [0.25, 0.3) is 10.0 Å². The first-order chi connectivity index (χ1) is 17.9. The van der Waals surface area contributed by atoms with Gasteiger partial charge in [0, 0.05) is 30.9 Å². The summed E-state index contributed by atoms with van der Waals surface area (Å²) in [7, 11) is -3.66. The van der Waals surface area contributed by atoms with E-state index in [1.165, 1.54) is 4.31 Å². The second-order valence-electron chi connectivity index (χ2n) is 9.99. The highest BCUT2D eigenvalue weighted by Crippen LogP contribution is 2.42. The average Bonchev–Trinajstić information content (AvgIpc) is 3.49. The molecule has 1 aliphatic carbocycles. The molecule has 194 valence electrons. The molecule has 3 aromatic rings. The molecule has 1 aliphatic heterocycles. The minimum absolute atomic E-state index is 0.138. The van der Waals surface area contributed by atoms with Gasteiger partial charge >= 0.3 is 0 Å². The number of benzene rings is 3. The maximum Gasteiger partial charge on any atom is 0.265 e. The summed E-state index contributed by atoms with van der Waals surface area (Å²) in [6.45, 7) is 2.29. The lowest BCUT2D eigenvalue weighted by Gasteiger charge is -2.30. The number of nitrogens with one attached hydrogen (secondary N) is 1. The van der Waals surface area contributed by atoms with Crippen LogP contribution in [0.4, 0.5) is 5.69 Å². The number of amides is 2. The van der Waals surface area contributed by atoms with Crippen molar-refractivity contribution in [2.75, 3.05) is 10.8 Å². The number of carbonyl (C=O) groups is 2. The van der Waals surface area contributed by atoms with Gasteiger partial charge in [0.15, 0.2) is 0 Å². The first-order valence-electron chi connectivity index (χ1n) is 13.0. The van der Waals surface area contributed by atoms with Crippen LogP contribution in [0.2, 0.25) is 0 Å². The van der Waals surface area contributed by atoms with E-state index >= 15 is 0 Å². The molecule has 37 heavy (non-hydrogen) atoms. The van der Waals surface area contributed by atoms with Crippen molar-refractivity contribution in [2.24, 2.45) is 0 Å². The van der Waals surface area contributed by atoms with Gasteiger partial charge < -0.3 is 10.2 Å². The van der Waals surface area contributed by atoms with E-state index in [0.29, 0.717) is 23.5 Å². The van der Waals surface area contributed by atoms with Gasteiger partial charge in [-0.15, -0.1) is 0 Å². The maximum atomic E-state index is 13.5. The molecule has 2 aliphatic rings. The third-order valence-corrected chi connectivity index (χ3v) is 9.35. The summed E-state index contributed by atoms with van der Waals surface area (Å²) in [5.41, 5.74) is 1.60. The molecule has 1 saturated carbocycles. The Morgan fingerprint density at radius 3 is 2.43 bits per heavy atom. The lowest BCUT2D eigenvalue weighted by atomic mass is 10.1. The fourth-order valence-corrected chi connectivity index (χ4v) is 7.22. The van der Waals surface area contributed by atoms with Gasteiger partial charge in [0.1, 0.15) is 6.04 Å². The Kier molecular flexibility index (Phi) is 7.20. The van der Waals surface area contributed by atoms with Crippen molar-refractivity contribution >= 4 is 38.3 Å². The van der Waals surface area contributed by atoms with E-state index in [9.17, 15) is 18.0 Å². The van der Waals surface area contributed by atoms with E-state index in [1.807, 2.05) is 54.6 Å². The molecule has 1 fully saturated rings. The van der Waals surface area contributed by atoms with Crippen molar-refractivity contribution in [1.29, 1.82) is 0 Å². The Morgan fingerprint density at radius 2 is 1.70 bits per heavy atom. The lowest BCUT2D eigenvalue weighted by molar-refractivity contribution is -0.141. The molecule has 0 aromatic heterocycles. The molecule has 0 saturated heterocycles. The summed E-state index contributed by atoms with van der Waals surface area (Å²) in [5.74, 6) is -0.300. The molecule has 0 unspecified atom stereocenters. The molecule has 1 N–H and O–H groups in total. The van der Waals surface area contributed by atoms with Gasteiger partial charge in [-0.05, 0) is 49.3 Å². The topological polar surface area (TPSA) is 86.8 Å². The molecule has 1 atom stereocenters. The van der Waals surface area contributed by atoms with E-state index < -0.39 is 16.1 Å². The zero-order valence-electron chi connectivity index (χ0n) is 21.1. The minimum atomic E-state index is -3.66. The normalized spacial score (nSPS) is 17.2. The summed E-state index contributed by atoms with van der Waals surface area (Å²) < 4.78 is 27.9. The third-order valence-electron chi connectivity index (χ3n) is 7.50. The highest BCUT2D eigenvalue weighted by molar-refractivity contribution is 7.93. The zero-order chi connectivity index (χ0) is 26.0. The molecule has 0 spiro atoms. The standard InChI is InChI=1S/C29H33N3O4S/c1-21(29(34)30-24-14-5-6-15-24)31(20-22-10-3-2-4-11-22)27(33)18-9-19-32-25-16-7-12-23-13-8-17-26(28(23)25)37(32,35)36/h2-4,7-8,10-13,16-17,21,24H,5-6,9,14-15,18-20H2,1H3,(H,30,34)/t21-/m1/s1. The van der Waals surface area contributed by atoms with Gasteiger partial charge in [-0.2, -0.15) is 0 Å². The van der Waals surface area contributed by atoms with Crippen LogP contribution in [0, 0.1) is 0 Å². The predicted molar refractivity (Wildman–Crippen MR) is 145 cm³/mol. The van der Waals surface area contributed by atoms with Gasteiger partial charge in [0.2, 0.25) is 11.8 Å². The highest BCUT2D eigenvalue weighted by atomic mass is 32.2. The maximum absolute atomic E-state index is 13.5. The van der Waals surface area contributed by atoms with Crippen LogP contribution in [0.25, 0.3) is 10.8 Å². The second-order valence-corrected chi connectivity index (χ2v) is 11.8. The third kappa shape index (κ3) is 5.07. The number of anilines is 1. The van der Waals surface area contributed by atoms with Gasteiger partial charge in [0.05, 0.1) is 10.6 Å². The van der Waals surface area contributed by atoms with Gasteiger partial charge in [-0.1, -0.05) is 67.4 Å². The summed E-state index contributed by atoms with van der Waals surface area (Å²) >= 11 is 0. The molecule has 1 heterocycles. The van der Waals surface area contributed by atoms with Crippen LogP contribution >= 0.6 is 0 Å².